The number of nitrogens with zero attached hydrogens (tertiary/aromatic N) is 3. The minimum Gasteiger partial charge on any atom is -0.355 e. The molecule has 0 amide bonds. The molecule has 6 rings (SSSR count). The molecule has 5 nitrogen and oxygen atoms in total. The van der Waals surface area contributed by atoms with Crippen molar-refractivity contribution in [3.05, 3.63) is 89.6 Å². The van der Waals surface area contributed by atoms with Crippen molar-refractivity contribution in [2.75, 3.05) is 0 Å². The van der Waals surface area contributed by atoms with Crippen molar-refractivity contribution in [3.63, 3.8) is 0 Å². The van der Waals surface area contributed by atoms with Gasteiger partial charge in [-0.2, -0.15) is 17.7 Å². The van der Waals surface area contributed by atoms with Crippen molar-refractivity contribution in [1.82, 2.24) is 19.9 Å². The van der Waals surface area contributed by atoms with E-state index in [1.807, 2.05) is 66.8 Å². The first-order valence-electron chi connectivity index (χ1n) is 11.0. The molecule has 0 spiro atoms. The van der Waals surface area contributed by atoms with Gasteiger partial charge >= 0.3 is 6.18 Å². The summed E-state index contributed by atoms with van der Waals surface area (Å²) in [4.78, 5) is 16.0. The van der Waals surface area contributed by atoms with Crippen LogP contribution < -0.4 is 4.57 Å². The predicted octanol–water partition coefficient (Wildman–Crippen LogP) is 6.17. The summed E-state index contributed by atoms with van der Waals surface area (Å²) in [5.41, 5.74) is 7.33. The van der Waals surface area contributed by atoms with Gasteiger partial charge in [0.25, 0.3) is 0 Å². The second-order valence-electron chi connectivity index (χ2n) is 8.42. The van der Waals surface area contributed by atoms with Crippen LogP contribution in [0.5, 0.6) is 0 Å². The van der Waals surface area contributed by atoms with Crippen LogP contribution in [0.4, 0.5) is 13.2 Å². The Morgan fingerprint density at radius 1 is 0.686 bits per heavy atom. The van der Waals surface area contributed by atoms with Gasteiger partial charge in [0.1, 0.15) is 0 Å². The highest BCUT2D eigenvalue weighted by atomic mass is 19.4. The summed E-state index contributed by atoms with van der Waals surface area (Å²) in [6.45, 7) is -1.08. The number of aromatic amines is 2. The van der Waals surface area contributed by atoms with E-state index >= 15 is 0 Å². The summed E-state index contributed by atoms with van der Waals surface area (Å²) in [6.07, 6.45) is 4.71. The lowest BCUT2D eigenvalue weighted by molar-refractivity contribution is -0.709. The molecule has 0 aromatic carbocycles. The smallest absolute Gasteiger partial charge is 0.355 e. The molecule has 172 valence electrons. The molecular weight excluding hydrogens is 451 g/mol. The number of fused-ring (bicyclic) bond motifs is 8. The van der Waals surface area contributed by atoms with Crippen LogP contribution in [-0.4, -0.2) is 26.1 Å². The van der Waals surface area contributed by atoms with Gasteiger partial charge in [-0.1, -0.05) is 0 Å². The van der Waals surface area contributed by atoms with Gasteiger partial charge in [-0.15, -0.1) is 0 Å². The van der Waals surface area contributed by atoms with Gasteiger partial charge in [0, 0.05) is 28.7 Å². The van der Waals surface area contributed by atoms with Gasteiger partial charge in [-0.3, -0.25) is 0 Å². The van der Waals surface area contributed by atoms with Crippen molar-refractivity contribution in [1.29, 1.82) is 0 Å². The molecule has 6 heterocycles. The molecule has 2 aliphatic rings. The van der Waals surface area contributed by atoms with E-state index in [0.717, 1.165) is 33.6 Å². The van der Waals surface area contributed by atoms with Crippen LogP contribution in [0, 0.1) is 0 Å². The van der Waals surface area contributed by atoms with E-state index in [4.69, 9.17) is 0 Å². The number of aromatic nitrogens is 5. The highest BCUT2D eigenvalue weighted by Crippen LogP contribution is 2.27. The van der Waals surface area contributed by atoms with Crippen LogP contribution in [0.25, 0.3) is 57.6 Å². The first-order chi connectivity index (χ1) is 16.9. The summed E-state index contributed by atoms with van der Waals surface area (Å²) in [5, 5.41) is 0. The van der Waals surface area contributed by atoms with Gasteiger partial charge in [-0.05, 0) is 72.8 Å². The molecule has 0 saturated heterocycles. The fourth-order valence-corrected chi connectivity index (χ4v) is 4.28. The van der Waals surface area contributed by atoms with Crippen molar-refractivity contribution in [2.24, 2.45) is 0 Å². The minimum atomic E-state index is -4.34. The number of pyridine rings is 1. The van der Waals surface area contributed by atoms with Crippen LogP contribution in [-0.2, 0) is 6.54 Å². The van der Waals surface area contributed by atoms with Crippen LogP contribution >= 0.6 is 0 Å². The molecule has 0 saturated carbocycles. The fraction of sp³-hybridized carbons (Fsp3) is 0.0741. The van der Waals surface area contributed by atoms with Crippen LogP contribution in [0.3, 0.4) is 0 Å². The normalized spacial score (nSPS) is 12.9. The topological polar surface area (TPSA) is 61.2 Å². The molecule has 0 aliphatic carbocycles. The number of hydrogen-bond donors (Lipinski definition) is 2. The van der Waals surface area contributed by atoms with Crippen LogP contribution in [0.2, 0.25) is 0 Å². The quantitative estimate of drug-likeness (QED) is 0.297. The molecule has 8 heteroatoms. The average Bonchev–Trinajstić information content (AvgIpc) is 3.58. The Morgan fingerprint density at radius 2 is 1.29 bits per heavy atom. The maximum atomic E-state index is 13.3. The Bertz CT molecular complexity index is 1670. The molecule has 0 atom stereocenters. The van der Waals surface area contributed by atoms with E-state index in [1.165, 1.54) is 10.8 Å². The van der Waals surface area contributed by atoms with Crippen LogP contribution in [0.1, 0.15) is 22.8 Å². The van der Waals surface area contributed by atoms with E-state index in [0.29, 0.717) is 22.5 Å². The summed E-state index contributed by atoms with van der Waals surface area (Å²) in [7, 11) is 0. The van der Waals surface area contributed by atoms with Gasteiger partial charge in [0.05, 0.1) is 33.9 Å². The third-order valence-electron chi connectivity index (χ3n) is 5.73. The number of alkyl halides is 3. The Labute approximate surface area is 198 Å². The Morgan fingerprint density at radius 3 is 1.91 bits per heavy atom. The maximum Gasteiger partial charge on any atom is 0.448 e. The van der Waals surface area contributed by atoms with E-state index < -0.39 is 12.7 Å². The molecule has 35 heavy (non-hydrogen) atoms. The summed E-state index contributed by atoms with van der Waals surface area (Å²) in [5.74, 6) is 0. The number of rotatable bonds is 2. The largest absolute Gasteiger partial charge is 0.448 e. The van der Waals surface area contributed by atoms with E-state index in [9.17, 15) is 13.2 Å². The maximum absolute atomic E-state index is 13.3. The highest BCUT2D eigenvalue weighted by Gasteiger charge is 2.35. The summed E-state index contributed by atoms with van der Waals surface area (Å²) in [6, 6.07) is 18.4. The Balaban J connectivity index is 1.63. The molecule has 0 radical (unpaired) electrons. The lowest BCUT2D eigenvalue weighted by Gasteiger charge is -2.05. The zero-order valence-electron chi connectivity index (χ0n) is 18.3. The highest BCUT2D eigenvalue weighted by molar-refractivity contribution is 5.85. The van der Waals surface area contributed by atoms with Crippen LogP contribution in [0.15, 0.2) is 66.9 Å². The number of hydrogen-bond acceptors (Lipinski definition) is 2. The Hall–Kier alpha value is -4.46. The first kappa shape index (κ1) is 21.1. The second-order valence-corrected chi connectivity index (χ2v) is 8.42. The number of H-pyrrole nitrogens is 2. The average molecular weight is 470 g/mol. The zero-order valence-corrected chi connectivity index (χ0v) is 18.3. The van der Waals surface area contributed by atoms with Gasteiger partial charge in [-0.25, -0.2) is 9.97 Å². The van der Waals surface area contributed by atoms with E-state index in [2.05, 4.69) is 19.9 Å². The number of nitrogens with one attached hydrogen (secondary N) is 2. The molecule has 4 aromatic rings. The molecule has 0 fully saturated rings. The number of halogens is 3. The third-order valence-corrected chi connectivity index (χ3v) is 5.73. The third kappa shape index (κ3) is 4.50. The van der Waals surface area contributed by atoms with Gasteiger partial charge in [0.15, 0.2) is 6.20 Å². The molecular formula is C27H19F3N5+. The SMILES string of the molecule is FC(F)(F)C[n+]1ccccc1-c1cc2cc3nc(cc4ccc(cc5nc(cc1[nH]2)C=C5)[nH]4)C=C3. The van der Waals surface area contributed by atoms with Crippen molar-refractivity contribution in [2.45, 2.75) is 12.7 Å². The molecule has 8 bridgehead atoms. The summed E-state index contributed by atoms with van der Waals surface area (Å²) >= 11 is 0. The Kier molecular flexibility index (Phi) is 4.88. The van der Waals surface area contributed by atoms with Gasteiger partial charge in [0.2, 0.25) is 12.2 Å². The van der Waals surface area contributed by atoms with E-state index in [-0.39, 0.29) is 0 Å². The van der Waals surface area contributed by atoms with Crippen molar-refractivity contribution >= 4 is 46.4 Å². The van der Waals surface area contributed by atoms with E-state index in [1.54, 1.807) is 18.2 Å². The lowest BCUT2D eigenvalue weighted by atomic mass is 10.1. The van der Waals surface area contributed by atoms with Gasteiger partial charge < -0.3 is 9.97 Å². The molecule has 2 N–H and O–H groups in total. The monoisotopic (exact) mass is 470 g/mol. The predicted molar refractivity (Wildman–Crippen MR) is 131 cm³/mol. The standard InChI is InChI=1S/C27H18F3N5/c28-27(29,30)16-35-10-2-1-3-26(35)24-14-23-13-21-7-6-19(32-21)11-17-4-5-18(31-17)12-20-8-9-22(33-20)15-25(24)34-23/h1-15H,16H2,(H,31,32,33,34)/p+1. The second kappa shape index (κ2) is 8.09. The molecule has 0 unspecified atom stereocenters. The minimum absolute atomic E-state index is 0.450. The summed E-state index contributed by atoms with van der Waals surface area (Å²) < 4.78 is 41.0. The van der Waals surface area contributed by atoms with Crippen molar-refractivity contribution in [3.8, 4) is 11.3 Å². The first-order valence-corrected chi connectivity index (χ1v) is 11.0. The molecule has 4 aromatic heterocycles. The van der Waals surface area contributed by atoms with Crippen molar-refractivity contribution < 1.29 is 17.7 Å². The lowest BCUT2D eigenvalue weighted by Crippen LogP contribution is -2.42. The zero-order chi connectivity index (χ0) is 24.0. The fourth-order valence-electron chi connectivity index (χ4n) is 4.28. The molecule has 2 aliphatic heterocycles.